The first-order chi connectivity index (χ1) is 24.8. The Morgan fingerprint density at radius 2 is 1.08 bits per heavy atom. The molecule has 0 rings (SSSR count). The average Bonchev–Trinajstić information content (AvgIpc) is 3.10. The third kappa shape index (κ3) is 36.2. The number of hydrogen-bond acceptors (Lipinski definition) is 7. The number of unbranched alkanes of at least 4 members (excludes halogenated alkanes) is 13. The first kappa shape index (κ1) is 49.0. The average molecular weight is 754 g/mol. The van der Waals surface area contributed by atoms with E-state index in [2.05, 4.69) is 59.4 Å². The van der Waals surface area contributed by atoms with Crippen molar-refractivity contribution < 1.29 is 19.2 Å². The van der Waals surface area contributed by atoms with Crippen molar-refractivity contribution in [3.05, 3.63) is 24.3 Å². The van der Waals surface area contributed by atoms with Crippen molar-refractivity contribution in [3.8, 4) is 0 Å². The van der Waals surface area contributed by atoms with Crippen LogP contribution in [0.4, 0.5) is 0 Å². The van der Waals surface area contributed by atoms with Crippen molar-refractivity contribution >= 4 is 45.2 Å². The van der Waals surface area contributed by atoms with E-state index in [9.17, 15) is 19.2 Å². The molecular weight excluding hydrogens is 679 g/mol. The maximum Gasteiger partial charge on any atom is 0.242 e. The number of allylic oxidation sites excluding steroid dienone is 4. The summed E-state index contributed by atoms with van der Waals surface area (Å²) in [6, 6.07) is -0.610. The van der Waals surface area contributed by atoms with Crippen molar-refractivity contribution in [1.82, 2.24) is 26.2 Å². The fourth-order valence-electron chi connectivity index (χ4n) is 5.35. The van der Waals surface area contributed by atoms with Gasteiger partial charge in [-0.05, 0) is 71.9 Å². The molecule has 0 aromatic carbocycles. The van der Waals surface area contributed by atoms with Gasteiger partial charge in [0.1, 0.15) is 6.04 Å². The third-order valence-electron chi connectivity index (χ3n) is 8.29. The fourth-order valence-corrected chi connectivity index (χ4v) is 7.17. The van der Waals surface area contributed by atoms with Gasteiger partial charge in [-0.1, -0.05) is 124 Å². The number of carbonyl (C=O) groups is 4. The second-order valence-electron chi connectivity index (χ2n) is 13.6. The molecule has 0 aliphatic rings. The highest BCUT2D eigenvalue weighted by atomic mass is 33.1. The summed E-state index contributed by atoms with van der Waals surface area (Å²) in [5, 5.41) is 11.8. The molecule has 0 saturated heterocycles. The van der Waals surface area contributed by atoms with Crippen molar-refractivity contribution in [2.45, 2.75) is 155 Å². The van der Waals surface area contributed by atoms with Gasteiger partial charge in [-0.3, -0.25) is 19.2 Å². The molecule has 1 unspecified atom stereocenters. The first-order valence-electron chi connectivity index (χ1n) is 20.1. The first-order valence-corrected chi connectivity index (χ1v) is 22.6. The largest absolute Gasteiger partial charge is 0.356 e. The number of rotatable bonds is 36. The van der Waals surface area contributed by atoms with Crippen LogP contribution in [0.2, 0.25) is 0 Å². The Morgan fingerprint density at radius 3 is 1.71 bits per heavy atom. The molecule has 296 valence electrons. The highest BCUT2D eigenvalue weighted by molar-refractivity contribution is 8.76. The SMILES string of the molecule is CCCCC/C=C\C/C=C\CCCCCCCC(=O)NCCCC(NC(=O)CCCCCCCC)C(=O)NCCSSCCNC(=O)CN(C)C. The van der Waals surface area contributed by atoms with E-state index in [-0.39, 0.29) is 23.6 Å². The Hall–Kier alpha value is -1.98. The molecule has 0 aromatic heterocycles. The topological polar surface area (TPSA) is 120 Å². The quantitative estimate of drug-likeness (QED) is 0.0290. The zero-order valence-electron chi connectivity index (χ0n) is 32.9. The molecule has 0 radical (unpaired) electrons. The van der Waals surface area contributed by atoms with Crippen LogP contribution in [0, 0.1) is 0 Å². The van der Waals surface area contributed by atoms with Crippen LogP contribution in [0.25, 0.3) is 0 Å². The molecule has 51 heavy (non-hydrogen) atoms. The van der Waals surface area contributed by atoms with Gasteiger partial charge in [-0.25, -0.2) is 0 Å². The smallest absolute Gasteiger partial charge is 0.242 e. The monoisotopic (exact) mass is 754 g/mol. The van der Waals surface area contributed by atoms with E-state index < -0.39 is 6.04 Å². The van der Waals surface area contributed by atoms with E-state index in [0.717, 1.165) is 62.9 Å². The van der Waals surface area contributed by atoms with Crippen LogP contribution >= 0.6 is 21.6 Å². The standard InChI is InChI=1S/C40H75N5O4S2/c1-5-7-9-11-13-14-15-16-17-18-19-20-21-23-24-28-37(46)41-30-26-27-36(44-38(47)29-25-22-12-10-8-6-2)40(49)43-32-34-51-50-33-31-42-39(48)35-45(3)4/h13-14,16-17,36H,5-12,15,18-35H2,1-4H3,(H,41,46)(H,42,48)(H,43,49)(H,44,47)/b14-13-,17-16-. The van der Waals surface area contributed by atoms with Crippen LogP contribution in [0.5, 0.6) is 0 Å². The van der Waals surface area contributed by atoms with Gasteiger partial charge in [0.15, 0.2) is 0 Å². The van der Waals surface area contributed by atoms with Crippen molar-refractivity contribution in [2.75, 3.05) is 51.8 Å². The molecule has 0 spiro atoms. The van der Waals surface area contributed by atoms with Gasteiger partial charge in [0.2, 0.25) is 23.6 Å². The van der Waals surface area contributed by atoms with Gasteiger partial charge in [0, 0.05) is 44.0 Å². The Balaban J connectivity index is 4.27. The second-order valence-corrected chi connectivity index (χ2v) is 16.3. The zero-order valence-corrected chi connectivity index (χ0v) is 34.5. The summed E-state index contributed by atoms with van der Waals surface area (Å²) in [4.78, 5) is 51.7. The lowest BCUT2D eigenvalue weighted by Crippen LogP contribution is -2.47. The van der Waals surface area contributed by atoms with E-state index in [4.69, 9.17) is 0 Å². The lowest BCUT2D eigenvalue weighted by molar-refractivity contribution is -0.129. The molecule has 4 amide bonds. The van der Waals surface area contributed by atoms with Crippen molar-refractivity contribution in [2.24, 2.45) is 0 Å². The number of nitrogens with zero attached hydrogens (tertiary/aromatic N) is 1. The fraction of sp³-hybridized carbons (Fsp3) is 0.800. The summed E-state index contributed by atoms with van der Waals surface area (Å²) in [7, 11) is 7.03. The van der Waals surface area contributed by atoms with Crippen molar-refractivity contribution in [3.63, 3.8) is 0 Å². The number of amides is 4. The maximum absolute atomic E-state index is 13.0. The molecule has 9 nitrogen and oxygen atoms in total. The highest BCUT2D eigenvalue weighted by Crippen LogP contribution is 2.19. The second kappa shape index (κ2) is 37.8. The Kier molecular flexibility index (Phi) is 36.3. The van der Waals surface area contributed by atoms with Crippen LogP contribution in [0.3, 0.4) is 0 Å². The summed E-state index contributed by atoms with van der Waals surface area (Å²) in [6.45, 7) is 6.40. The minimum Gasteiger partial charge on any atom is -0.356 e. The molecule has 4 N–H and O–H groups in total. The minimum atomic E-state index is -0.610. The third-order valence-corrected chi connectivity index (χ3v) is 10.7. The summed E-state index contributed by atoms with van der Waals surface area (Å²) in [6.07, 6.45) is 30.5. The molecule has 0 fully saturated rings. The van der Waals surface area contributed by atoms with E-state index in [1.165, 1.54) is 57.8 Å². The summed E-state index contributed by atoms with van der Waals surface area (Å²) >= 11 is 0. The van der Waals surface area contributed by atoms with Gasteiger partial charge in [-0.2, -0.15) is 0 Å². The van der Waals surface area contributed by atoms with Crippen LogP contribution in [0.15, 0.2) is 24.3 Å². The van der Waals surface area contributed by atoms with Gasteiger partial charge in [0.05, 0.1) is 6.54 Å². The number of nitrogens with one attached hydrogen (secondary N) is 4. The molecule has 0 saturated carbocycles. The van der Waals surface area contributed by atoms with Crippen LogP contribution in [-0.4, -0.2) is 86.4 Å². The molecule has 0 aliphatic heterocycles. The molecule has 11 heteroatoms. The predicted molar refractivity (Wildman–Crippen MR) is 221 cm³/mol. The molecule has 0 aliphatic carbocycles. The van der Waals surface area contributed by atoms with Crippen LogP contribution in [0.1, 0.15) is 149 Å². The van der Waals surface area contributed by atoms with Gasteiger partial charge in [0.25, 0.3) is 0 Å². The molecule has 0 bridgehead atoms. The molecule has 1 atom stereocenters. The minimum absolute atomic E-state index is 0.0130. The van der Waals surface area contributed by atoms with Crippen LogP contribution in [-0.2, 0) is 19.2 Å². The van der Waals surface area contributed by atoms with E-state index in [0.29, 0.717) is 51.9 Å². The Morgan fingerprint density at radius 1 is 0.569 bits per heavy atom. The predicted octanol–water partition coefficient (Wildman–Crippen LogP) is 8.11. The van der Waals surface area contributed by atoms with Gasteiger partial charge >= 0.3 is 0 Å². The molecular formula is C40H75N5O4S2. The van der Waals surface area contributed by atoms with Gasteiger partial charge in [-0.15, -0.1) is 0 Å². The van der Waals surface area contributed by atoms with E-state index in [1.807, 2.05) is 19.0 Å². The Labute approximate surface area is 320 Å². The Bertz CT molecular complexity index is 933. The number of likely N-dealkylation sites (N-methyl/N-ethyl adjacent to an activating group) is 1. The molecule has 0 aromatic rings. The highest BCUT2D eigenvalue weighted by Gasteiger charge is 2.20. The number of carbonyl (C=O) groups excluding carboxylic acids is 4. The summed E-state index contributed by atoms with van der Waals surface area (Å²) in [5.41, 5.74) is 0. The summed E-state index contributed by atoms with van der Waals surface area (Å²) in [5.74, 6) is 1.32. The van der Waals surface area contributed by atoms with Crippen LogP contribution < -0.4 is 21.3 Å². The van der Waals surface area contributed by atoms with Crippen molar-refractivity contribution in [1.29, 1.82) is 0 Å². The van der Waals surface area contributed by atoms with E-state index >= 15 is 0 Å². The lowest BCUT2D eigenvalue weighted by Gasteiger charge is -2.19. The normalized spacial score (nSPS) is 12.1. The number of hydrogen-bond donors (Lipinski definition) is 4. The zero-order chi connectivity index (χ0) is 37.6. The lowest BCUT2D eigenvalue weighted by atomic mass is 10.1. The van der Waals surface area contributed by atoms with E-state index in [1.54, 1.807) is 21.6 Å². The molecule has 0 heterocycles. The summed E-state index contributed by atoms with van der Waals surface area (Å²) < 4.78 is 0. The maximum atomic E-state index is 13.0. The van der Waals surface area contributed by atoms with Gasteiger partial charge < -0.3 is 26.2 Å².